The predicted molar refractivity (Wildman–Crippen MR) is 76.0 cm³/mol. The fraction of sp³-hybridized carbons (Fsp3) is 0.400. The van der Waals surface area contributed by atoms with Crippen LogP contribution in [-0.2, 0) is 11.7 Å². The highest BCUT2D eigenvalue weighted by Crippen LogP contribution is 2.25. The number of likely N-dealkylation sites (N-methyl/N-ethyl adjacent to an activating group) is 1. The van der Waals surface area contributed by atoms with Gasteiger partial charge in [0.2, 0.25) is 0 Å². The Bertz CT molecular complexity index is 969. The molecule has 0 saturated carbocycles. The van der Waals surface area contributed by atoms with Crippen LogP contribution in [0.25, 0.3) is 0 Å². The summed E-state index contributed by atoms with van der Waals surface area (Å²) in [7, 11) is 1.29. The van der Waals surface area contributed by atoms with E-state index in [0.717, 1.165) is 4.90 Å². The Kier molecular flexibility index (Phi) is 1.61. The molecule has 0 bridgehead atoms. The molecule has 0 amide bonds. The molecule has 0 saturated heterocycles. The van der Waals surface area contributed by atoms with E-state index < -0.39 is 73.7 Å². The van der Waals surface area contributed by atoms with E-state index in [1.165, 1.54) is 7.05 Å². The third-order valence-corrected chi connectivity index (χ3v) is 2.30. The zero-order valence-electron chi connectivity index (χ0n) is 23.2. The molecule has 4 nitrogen and oxygen atoms in total. The lowest BCUT2D eigenvalue weighted by atomic mass is 10.1. The van der Waals surface area contributed by atoms with Crippen molar-refractivity contribution in [2.75, 3.05) is 27.2 Å². The van der Waals surface area contributed by atoms with Gasteiger partial charge in [0.25, 0.3) is 0 Å². The number of hydrogen-bond donors (Lipinski definition) is 0. The second-order valence-corrected chi connectivity index (χ2v) is 3.74. The smallest absolute Gasteiger partial charge is 0.124 e. The summed E-state index contributed by atoms with van der Waals surface area (Å²) in [4.78, 5) is 0.963. The Morgan fingerprint density at radius 3 is 3.00 bits per heavy atom. The van der Waals surface area contributed by atoms with Crippen LogP contribution in [-0.4, -0.2) is 41.9 Å². The van der Waals surface area contributed by atoms with E-state index in [-0.39, 0.29) is 13.2 Å². The molecule has 19 heavy (non-hydrogen) atoms. The van der Waals surface area contributed by atoms with Gasteiger partial charge in [-0.15, -0.1) is 0 Å². The summed E-state index contributed by atoms with van der Waals surface area (Å²) in [6.45, 7) is -5.96. The zero-order valence-corrected chi connectivity index (χ0v) is 10.2. The van der Waals surface area contributed by atoms with Crippen LogP contribution in [0.4, 0.5) is 0 Å². The first-order chi connectivity index (χ1) is 14.5. The van der Waals surface area contributed by atoms with Gasteiger partial charge in [0.05, 0.1) is 21.9 Å². The molecule has 0 N–H and O–H groups in total. The van der Waals surface area contributed by atoms with Crippen LogP contribution in [0, 0.1) is 0 Å². The van der Waals surface area contributed by atoms with E-state index in [2.05, 4.69) is 5.10 Å². The van der Waals surface area contributed by atoms with Crippen molar-refractivity contribution in [1.82, 2.24) is 14.7 Å². The van der Waals surface area contributed by atoms with Gasteiger partial charge >= 0.3 is 0 Å². The van der Waals surface area contributed by atoms with Gasteiger partial charge in [-0.3, -0.25) is 4.68 Å². The number of nitrogens with zero attached hydrogens (tertiary/aromatic N) is 3. The lowest BCUT2D eigenvalue weighted by molar-refractivity contribution is 0.0638. The second-order valence-electron chi connectivity index (χ2n) is 3.74. The van der Waals surface area contributed by atoms with Crippen LogP contribution < -0.4 is 0 Å². The first kappa shape index (κ1) is 4.72. The molecule has 0 aliphatic carbocycles. The summed E-state index contributed by atoms with van der Waals surface area (Å²) in [6.07, 6.45) is -2.41. The quantitative estimate of drug-likeness (QED) is 0.806. The first-order valence-electron chi connectivity index (χ1n) is 12.0. The van der Waals surface area contributed by atoms with Gasteiger partial charge in [-0.25, -0.2) is 0 Å². The molecule has 0 fully saturated rings. The summed E-state index contributed by atoms with van der Waals surface area (Å²) < 4.78 is 107. The first-order valence-corrected chi connectivity index (χ1v) is 5.46. The number of rotatable bonds is 6. The van der Waals surface area contributed by atoms with Gasteiger partial charge < -0.3 is 9.64 Å². The topological polar surface area (TPSA) is 30.3 Å². The maximum Gasteiger partial charge on any atom is 0.124 e. The van der Waals surface area contributed by atoms with Gasteiger partial charge in [0.15, 0.2) is 0 Å². The average Bonchev–Trinajstić information content (AvgIpc) is 2.97. The van der Waals surface area contributed by atoms with Crippen LogP contribution in [0.2, 0.25) is 0 Å². The van der Waals surface area contributed by atoms with Crippen molar-refractivity contribution in [3.8, 4) is 0 Å². The molecular weight excluding hydrogens is 238 g/mol. The normalized spacial score (nSPS) is 24.0. The molecule has 1 aromatic heterocycles. The minimum atomic E-state index is -2.96. The van der Waals surface area contributed by atoms with Crippen molar-refractivity contribution in [3.05, 3.63) is 53.7 Å². The van der Waals surface area contributed by atoms with Crippen molar-refractivity contribution in [1.29, 1.82) is 0 Å². The predicted octanol–water partition coefficient (Wildman–Crippen LogP) is 2.09. The molecular formula is C15H21N3O. The maximum atomic E-state index is 8.21. The van der Waals surface area contributed by atoms with Gasteiger partial charge in [0.1, 0.15) is 6.10 Å². The molecule has 1 unspecified atom stereocenters. The minimum absolute atomic E-state index is 0.186. The Hall–Kier alpha value is -1.65. The summed E-state index contributed by atoms with van der Waals surface area (Å²) in [5.41, 5.74) is -0.962. The number of hydrogen-bond acceptors (Lipinski definition) is 3. The molecule has 1 aromatic carbocycles. The third-order valence-electron chi connectivity index (χ3n) is 2.30. The Morgan fingerprint density at radius 2 is 2.26 bits per heavy atom. The van der Waals surface area contributed by atoms with Crippen LogP contribution in [0.3, 0.4) is 0 Å². The van der Waals surface area contributed by atoms with Crippen molar-refractivity contribution in [2.24, 2.45) is 6.98 Å². The lowest BCUT2D eigenvalue weighted by Crippen LogP contribution is -2.20. The molecule has 0 aliphatic rings. The molecule has 0 spiro atoms. The van der Waals surface area contributed by atoms with E-state index in [1.54, 1.807) is 0 Å². The highest BCUT2D eigenvalue weighted by atomic mass is 16.5. The summed E-state index contributed by atoms with van der Waals surface area (Å²) >= 11 is 0. The van der Waals surface area contributed by atoms with E-state index in [4.69, 9.17) is 22.6 Å². The fourth-order valence-corrected chi connectivity index (χ4v) is 1.41. The van der Waals surface area contributed by atoms with Crippen molar-refractivity contribution < 1.29 is 22.6 Å². The number of benzene rings is 1. The van der Waals surface area contributed by atoms with Gasteiger partial charge in [-0.2, -0.15) is 5.10 Å². The molecule has 2 aromatic rings. The van der Waals surface area contributed by atoms with Gasteiger partial charge in [-0.05, 0) is 25.6 Å². The van der Waals surface area contributed by atoms with Gasteiger partial charge in [-0.1, -0.05) is 30.2 Å². The van der Waals surface area contributed by atoms with Crippen LogP contribution >= 0.6 is 0 Å². The average molecular weight is 272 g/mol. The largest absolute Gasteiger partial charge is 0.366 e. The maximum absolute atomic E-state index is 8.21. The summed E-state index contributed by atoms with van der Waals surface area (Å²) in [5.74, 6) is 0. The highest BCUT2D eigenvalue weighted by Gasteiger charge is 2.17. The molecule has 0 aliphatic heterocycles. The fourth-order valence-electron chi connectivity index (χ4n) is 1.41. The molecule has 102 valence electrons. The Labute approximate surface area is 132 Å². The van der Waals surface area contributed by atoms with Crippen molar-refractivity contribution >= 4 is 0 Å². The molecule has 1 heterocycles. The number of ether oxygens (including phenoxy) is 1. The van der Waals surface area contributed by atoms with E-state index in [1.807, 2.05) is 0 Å². The Morgan fingerprint density at radius 1 is 1.42 bits per heavy atom. The van der Waals surface area contributed by atoms with E-state index in [0.29, 0.717) is 4.68 Å². The SMILES string of the molecule is [2H]c1nn(C([2H])([2H])[2H])c(C(OCCN(C)C([2H])([2H])[2H])c2c([2H])c([2H])c([2H])c([2H])c2[2H])c1[2H]. The van der Waals surface area contributed by atoms with Gasteiger partial charge in [0, 0.05) is 27.9 Å². The Balaban J connectivity index is 2.70. The van der Waals surface area contributed by atoms with Crippen molar-refractivity contribution in [2.45, 2.75) is 6.10 Å². The summed E-state index contributed by atoms with van der Waals surface area (Å²) in [5, 5.41) is 3.53. The third kappa shape index (κ3) is 3.66. The van der Waals surface area contributed by atoms with Crippen LogP contribution in [0.15, 0.2) is 42.4 Å². The zero-order chi connectivity index (χ0) is 24.8. The van der Waals surface area contributed by atoms with Crippen LogP contribution in [0.5, 0.6) is 0 Å². The molecule has 1 atom stereocenters. The summed E-state index contributed by atoms with van der Waals surface area (Å²) in [6, 6.07) is -4.12. The second kappa shape index (κ2) is 6.50. The number of aromatic nitrogens is 2. The van der Waals surface area contributed by atoms with Crippen LogP contribution in [0.1, 0.15) is 35.2 Å². The molecule has 0 radical (unpaired) electrons. The van der Waals surface area contributed by atoms with E-state index >= 15 is 0 Å². The standard InChI is InChI=1S/C15H21N3O/c1-17(2)11-12-19-15(13-7-5-4-6-8-13)14-9-10-16-18(14)3/h4-10,15H,11-12H2,1-3H3/i1D3,3D3,4D,5D,6D,7D,8D,9D,10D. The van der Waals surface area contributed by atoms with Crippen molar-refractivity contribution in [3.63, 3.8) is 0 Å². The highest BCUT2D eigenvalue weighted by molar-refractivity contribution is 5.25. The van der Waals surface area contributed by atoms with E-state index in [9.17, 15) is 0 Å². The lowest BCUT2D eigenvalue weighted by Gasteiger charge is -2.20. The molecule has 2 rings (SSSR count). The monoisotopic (exact) mass is 272 g/mol. The number of aryl methyl sites for hydroxylation is 1. The molecule has 4 heteroatoms. The minimum Gasteiger partial charge on any atom is -0.366 e.